The van der Waals surface area contributed by atoms with Crippen LogP contribution in [0, 0.1) is 17.8 Å². The lowest BCUT2D eigenvalue weighted by Gasteiger charge is -2.21. The number of hydrogen-bond acceptors (Lipinski definition) is 3. The lowest BCUT2D eigenvalue weighted by molar-refractivity contribution is 0.281. The molecule has 1 heterocycles. The van der Waals surface area contributed by atoms with E-state index < -0.39 is 0 Å². The Balaban J connectivity index is 1.77. The van der Waals surface area contributed by atoms with Crippen LogP contribution in [0.15, 0.2) is 17.1 Å². The Labute approximate surface area is 94.5 Å². The first-order chi connectivity index (χ1) is 7.72. The summed E-state index contributed by atoms with van der Waals surface area (Å²) < 4.78 is 1.57. The van der Waals surface area contributed by atoms with Crippen LogP contribution >= 0.6 is 0 Å². The van der Waals surface area contributed by atoms with Crippen molar-refractivity contribution in [1.29, 1.82) is 0 Å². The van der Waals surface area contributed by atoms with E-state index in [1.807, 2.05) is 0 Å². The molecule has 3 rings (SSSR count). The van der Waals surface area contributed by atoms with E-state index in [1.165, 1.54) is 31.7 Å². The molecule has 1 aromatic rings. The fourth-order valence-corrected chi connectivity index (χ4v) is 3.41. The Hall–Kier alpha value is -1.32. The molecule has 0 aliphatic heterocycles. The van der Waals surface area contributed by atoms with Crippen LogP contribution in [-0.2, 0) is 6.54 Å². The molecule has 2 aliphatic rings. The van der Waals surface area contributed by atoms with Crippen LogP contribution < -0.4 is 11.3 Å². The van der Waals surface area contributed by atoms with E-state index in [0.29, 0.717) is 11.6 Å². The topological polar surface area (TPSA) is 60.9 Å². The maximum atomic E-state index is 11.7. The van der Waals surface area contributed by atoms with Gasteiger partial charge < -0.3 is 5.73 Å². The van der Waals surface area contributed by atoms with Crippen molar-refractivity contribution in [3.63, 3.8) is 0 Å². The van der Waals surface area contributed by atoms with E-state index >= 15 is 0 Å². The Morgan fingerprint density at radius 1 is 1.44 bits per heavy atom. The number of anilines is 1. The molecule has 4 nitrogen and oxygen atoms in total. The summed E-state index contributed by atoms with van der Waals surface area (Å²) in [5, 5.41) is 4.10. The van der Waals surface area contributed by atoms with Crippen molar-refractivity contribution in [3.05, 3.63) is 22.6 Å². The van der Waals surface area contributed by atoms with Gasteiger partial charge in [0.2, 0.25) is 0 Å². The molecule has 4 heteroatoms. The van der Waals surface area contributed by atoms with Crippen molar-refractivity contribution in [2.75, 3.05) is 5.73 Å². The highest BCUT2D eigenvalue weighted by Crippen LogP contribution is 2.48. The highest BCUT2D eigenvalue weighted by molar-refractivity contribution is 5.31. The summed E-state index contributed by atoms with van der Waals surface area (Å²) in [7, 11) is 0. The van der Waals surface area contributed by atoms with Crippen LogP contribution in [0.4, 0.5) is 5.69 Å². The van der Waals surface area contributed by atoms with Crippen molar-refractivity contribution >= 4 is 5.69 Å². The van der Waals surface area contributed by atoms with Crippen LogP contribution in [0.25, 0.3) is 0 Å². The molecule has 0 spiro atoms. The smallest absolute Gasteiger partial charge is 0.268 e. The van der Waals surface area contributed by atoms with Gasteiger partial charge in [-0.15, -0.1) is 0 Å². The molecule has 16 heavy (non-hydrogen) atoms. The van der Waals surface area contributed by atoms with E-state index in [1.54, 1.807) is 10.9 Å². The van der Waals surface area contributed by atoms with Gasteiger partial charge in [-0.2, -0.15) is 5.10 Å². The molecule has 3 unspecified atom stereocenters. The number of nitrogen functional groups attached to an aromatic ring is 1. The first-order valence-electron chi connectivity index (χ1n) is 6.05. The first kappa shape index (κ1) is 9.87. The average molecular weight is 219 g/mol. The normalized spacial score (nSPS) is 32.1. The van der Waals surface area contributed by atoms with E-state index in [9.17, 15) is 4.79 Å². The van der Waals surface area contributed by atoms with Gasteiger partial charge in [0.1, 0.15) is 0 Å². The average Bonchev–Trinajstić information content (AvgIpc) is 2.84. The van der Waals surface area contributed by atoms with Crippen molar-refractivity contribution < 1.29 is 0 Å². The standard InChI is InChI=1S/C12H17N3O/c13-11-5-12(16)15(14-6-11)7-10-4-8-1-2-9(10)3-8/h5-6,8-10H,1-4,7,13H2. The Morgan fingerprint density at radius 2 is 2.31 bits per heavy atom. The highest BCUT2D eigenvalue weighted by atomic mass is 16.1. The minimum atomic E-state index is -0.0669. The zero-order chi connectivity index (χ0) is 11.1. The zero-order valence-electron chi connectivity index (χ0n) is 9.30. The third kappa shape index (κ3) is 1.62. The third-order valence-electron chi connectivity index (χ3n) is 4.18. The molecule has 0 amide bonds. The lowest BCUT2D eigenvalue weighted by Crippen LogP contribution is -2.28. The second kappa shape index (κ2) is 3.61. The van der Waals surface area contributed by atoms with E-state index in [2.05, 4.69) is 5.10 Å². The van der Waals surface area contributed by atoms with Gasteiger partial charge in [0, 0.05) is 12.6 Å². The quantitative estimate of drug-likeness (QED) is 0.814. The van der Waals surface area contributed by atoms with Crippen LogP contribution in [0.1, 0.15) is 25.7 Å². The fourth-order valence-electron chi connectivity index (χ4n) is 3.41. The monoisotopic (exact) mass is 219 g/mol. The highest BCUT2D eigenvalue weighted by Gasteiger charge is 2.39. The second-order valence-corrected chi connectivity index (χ2v) is 5.24. The zero-order valence-corrected chi connectivity index (χ0v) is 9.30. The second-order valence-electron chi connectivity index (χ2n) is 5.24. The number of nitrogens with zero attached hydrogens (tertiary/aromatic N) is 2. The van der Waals surface area contributed by atoms with Crippen molar-refractivity contribution in [2.45, 2.75) is 32.2 Å². The van der Waals surface area contributed by atoms with Gasteiger partial charge in [0.05, 0.1) is 11.9 Å². The van der Waals surface area contributed by atoms with E-state index in [-0.39, 0.29) is 5.56 Å². The van der Waals surface area contributed by atoms with E-state index in [4.69, 9.17) is 5.73 Å². The molecular formula is C12H17N3O. The van der Waals surface area contributed by atoms with Crippen molar-refractivity contribution in [3.8, 4) is 0 Å². The van der Waals surface area contributed by atoms with Crippen molar-refractivity contribution in [2.24, 2.45) is 17.8 Å². The molecule has 3 atom stereocenters. The number of rotatable bonds is 2. The van der Waals surface area contributed by atoms with Gasteiger partial charge in [-0.3, -0.25) is 4.79 Å². The molecule has 0 aromatic carbocycles. The Bertz CT molecular complexity index is 454. The van der Waals surface area contributed by atoms with Gasteiger partial charge >= 0.3 is 0 Å². The molecule has 2 N–H and O–H groups in total. The summed E-state index contributed by atoms with van der Waals surface area (Å²) >= 11 is 0. The molecule has 0 saturated heterocycles. The number of nitrogens with two attached hydrogens (primary N) is 1. The predicted octanol–water partition coefficient (Wildman–Crippen LogP) is 1.26. The number of fused-ring (bicyclic) bond motifs is 2. The summed E-state index contributed by atoms with van der Waals surface area (Å²) in [6.07, 6.45) is 6.95. The third-order valence-corrected chi connectivity index (χ3v) is 4.18. The van der Waals surface area contributed by atoms with E-state index in [0.717, 1.165) is 18.4 Å². The van der Waals surface area contributed by atoms with Gasteiger partial charge in [-0.1, -0.05) is 6.42 Å². The fraction of sp³-hybridized carbons (Fsp3) is 0.667. The molecule has 2 bridgehead atoms. The molecule has 1 aromatic heterocycles. The Kier molecular flexibility index (Phi) is 2.23. The maximum Gasteiger partial charge on any atom is 0.268 e. The van der Waals surface area contributed by atoms with Crippen LogP contribution in [0.2, 0.25) is 0 Å². The summed E-state index contributed by atoms with van der Waals surface area (Å²) in [6, 6.07) is 1.46. The summed E-state index contributed by atoms with van der Waals surface area (Å²) in [4.78, 5) is 11.7. The van der Waals surface area contributed by atoms with Gasteiger partial charge in [-0.25, -0.2) is 4.68 Å². The maximum absolute atomic E-state index is 11.7. The Morgan fingerprint density at radius 3 is 2.94 bits per heavy atom. The molecule has 2 aliphatic carbocycles. The molecule has 0 radical (unpaired) electrons. The first-order valence-corrected chi connectivity index (χ1v) is 6.05. The summed E-state index contributed by atoms with van der Waals surface area (Å²) in [6.45, 7) is 0.778. The summed E-state index contributed by atoms with van der Waals surface area (Å²) in [5.41, 5.74) is 5.91. The molecular weight excluding hydrogens is 202 g/mol. The van der Waals surface area contributed by atoms with Crippen molar-refractivity contribution in [1.82, 2.24) is 9.78 Å². The van der Waals surface area contributed by atoms with Gasteiger partial charge in [0.25, 0.3) is 5.56 Å². The lowest BCUT2D eigenvalue weighted by atomic mass is 9.89. The minimum absolute atomic E-state index is 0.0669. The SMILES string of the molecule is Nc1cnn(CC2CC3CCC2C3)c(=O)c1. The number of hydrogen-bond donors (Lipinski definition) is 1. The van der Waals surface area contributed by atoms with Gasteiger partial charge in [-0.05, 0) is 37.0 Å². The minimum Gasteiger partial charge on any atom is -0.397 e. The summed E-state index contributed by atoms with van der Waals surface area (Å²) in [5.74, 6) is 2.41. The largest absolute Gasteiger partial charge is 0.397 e. The molecule has 2 saturated carbocycles. The van der Waals surface area contributed by atoms with Crippen LogP contribution in [0.5, 0.6) is 0 Å². The van der Waals surface area contributed by atoms with Gasteiger partial charge in [0.15, 0.2) is 0 Å². The molecule has 2 fully saturated rings. The van der Waals surface area contributed by atoms with Crippen LogP contribution in [0.3, 0.4) is 0 Å². The molecule has 86 valence electrons. The van der Waals surface area contributed by atoms with Crippen LogP contribution in [-0.4, -0.2) is 9.78 Å². The number of aromatic nitrogens is 2. The predicted molar refractivity (Wildman–Crippen MR) is 61.8 cm³/mol.